The first-order valence-electron chi connectivity index (χ1n) is 6.33. The number of nitrogens with one attached hydrogen (secondary N) is 1. The summed E-state index contributed by atoms with van der Waals surface area (Å²) in [5, 5.41) is 12.5. The van der Waals surface area contributed by atoms with Gasteiger partial charge in [0, 0.05) is 16.7 Å². The van der Waals surface area contributed by atoms with Crippen LogP contribution in [-0.4, -0.2) is 17.6 Å². The summed E-state index contributed by atoms with van der Waals surface area (Å²) in [6.07, 6.45) is 4.93. The lowest BCUT2D eigenvalue weighted by molar-refractivity contribution is 0.0697. The summed E-state index contributed by atoms with van der Waals surface area (Å²) >= 11 is 3.38. The molecule has 1 aromatic carbocycles. The van der Waals surface area contributed by atoms with Gasteiger partial charge >= 0.3 is 5.97 Å². The Balaban J connectivity index is 2.12. The van der Waals surface area contributed by atoms with E-state index in [0.29, 0.717) is 16.7 Å². The van der Waals surface area contributed by atoms with Crippen molar-refractivity contribution in [2.45, 2.75) is 32.6 Å². The average molecular weight is 312 g/mol. The Labute approximate surface area is 116 Å². The zero-order valence-electron chi connectivity index (χ0n) is 10.5. The number of halogens is 1. The fraction of sp³-hybridized carbons (Fsp3) is 0.500. The Morgan fingerprint density at radius 3 is 2.72 bits per heavy atom. The highest BCUT2D eigenvalue weighted by Gasteiger charge is 2.34. The molecule has 0 atom stereocenters. The summed E-state index contributed by atoms with van der Waals surface area (Å²) in [5.74, 6) is -0.885. The van der Waals surface area contributed by atoms with Gasteiger partial charge in [0.1, 0.15) is 0 Å². The summed E-state index contributed by atoms with van der Waals surface area (Å²) in [6.45, 7) is 3.07. The molecule has 0 bridgehead atoms. The zero-order valence-corrected chi connectivity index (χ0v) is 12.1. The van der Waals surface area contributed by atoms with Crippen LogP contribution in [0.15, 0.2) is 22.7 Å². The van der Waals surface area contributed by atoms with Crippen LogP contribution in [0.2, 0.25) is 0 Å². The van der Waals surface area contributed by atoms with Crippen molar-refractivity contribution in [2.24, 2.45) is 5.41 Å². The second-order valence-corrected chi connectivity index (χ2v) is 5.97. The van der Waals surface area contributed by atoms with E-state index in [4.69, 9.17) is 5.11 Å². The molecular formula is C14H18BrNO2. The van der Waals surface area contributed by atoms with E-state index in [0.717, 1.165) is 17.4 Å². The van der Waals surface area contributed by atoms with Crippen molar-refractivity contribution in [2.75, 3.05) is 11.9 Å². The van der Waals surface area contributed by atoms with Crippen LogP contribution >= 0.6 is 15.9 Å². The van der Waals surface area contributed by atoms with E-state index in [1.54, 1.807) is 12.1 Å². The summed E-state index contributed by atoms with van der Waals surface area (Å²) in [5.41, 5.74) is 1.42. The molecule has 98 valence electrons. The largest absolute Gasteiger partial charge is 0.478 e. The fourth-order valence-electron chi connectivity index (χ4n) is 2.46. The van der Waals surface area contributed by atoms with Crippen molar-refractivity contribution >= 4 is 27.6 Å². The molecule has 0 heterocycles. The maximum atomic E-state index is 11.2. The molecule has 0 unspecified atom stereocenters. The second-order valence-electron chi connectivity index (χ2n) is 5.06. The highest BCUT2D eigenvalue weighted by Crippen LogP contribution is 2.43. The summed E-state index contributed by atoms with van der Waals surface area (Å²) in [6, 6.07) is 5.23. The lowest BCUT2D eigenvalue weighted by Crippen LogP contribution is -2.36. The van der Waals surface area contributed by atoms with Crippen LogP contribution in [0.25, 0.3) is 0 Å². The van der Waals surface area contributed by atoms with Crippen molar-refractivity contribution < 1.29 is 9.90 Å². The zero-order chi connectivity index (χ0) is 13.2. The first-order valence-corrected chi connectivity index (χ1v) is 7.12. The van der Waals surface area contributed by atoms with Crippen molar-refractivity contribution in [3.63, 3.8) is 0 Å². The van der Waals surface area contributed by atoms with Gasteiger partial charge in [-0.05, 0) is 42.9 Å². The second kappa shape index (κ2) is 5.31. The average Bonchev–Trinajstić information content (AvgIpc) is 2.28. The standard InChI is InChI=1S/C14H18BrNO2/c1-2-14(6-3-7-14)9-16-12-8-10(15)4-5-11(12)13(17)18/h4-5,8,16H,2-3,6-7,9H2,1H3,(H,17,18). The molecule has 18 heavy (non-hydrogen) atoms. The van der Waals surface area contributed by atoms with Gasteiger partial charge in [-0.1, -0.05) is 29.3 Å². The Bertz CT molecular complexity index is 450. The summed E-state index contributed by atoms with van der Waals surface area (Å²) in [4.78, 5) is 11.2. The van der Waals surface area contributed by atoms with Gasteiger partial charge in [0.2, 0.25) is 0 Å². The minimum absolute atomic E-state index is 0.337. The van der Waals surface area contributed by atoms with Crippen LogP contribution in [-0.2, 0) is 0 Å². The molecule has 4 heteroatoms. The highest BCUT2D eigenvalue weighted by atomic mass is 79.9. The first-order chi connectivity index (χ1) is 8.56. The SMILES string of the molecule is CCC1(CNc2cc(Br)ccc2C(=O)O)CCC1. The summed E-state index contributed by atoms with van der Waals surface area (Å²) < 4.78 is 0.897. The number of carboxylic acid groups (broad SMARTS) is 1. The fourth-order valence-corrected chi connectivity index (χ4v) is 2.83. The number of hydrogen-bond acceptors (Lipinski definition) is 2. The molecule has 1 aliphatic carbocycles. The molecule has 0 saturated heterocycles. The van der Waals surface area contributed by atoms with E-state index in [1.807, 2.05) is 6.07 Å². The lowest BCUT2D eigenvalue weighted by Gasteiger charge is -2.41. The Morgan fingerprint density at radius 1 is 1.50 bits per heavy atom. The molecule has 0 spiro atoms. The molecule has 1 aromatic rings. The predicted molar refractivity (Wildman–Crippen MR) is 76.2 cm³/mol. The van der Waals surface area contributed by atoms with E-state index in [9.17, 15) is 4.79 Å². The molecule has 1 fully saturated rings. The first kappa shape index (κ1) is 13.4. The molecule has 0 radical (unpaired) electrons. The number of anilines is 1. The highest BCUT2D eigenvalue weighted by molar-refractivity contribution is 9.10. The van der Waals surface area contributed by atoms with Crippen LogP contribution in [0.1, 0.15) is 43.0 Å². The van der Waals surface area contributed by atoms with Crippen molar-refractivity contribution in [1.82, 2.24) is 0 Å². The van der Waals surface area contributed by atoms with Gasteiger partial charge in [0.05, 0.1) is 5.56 Å². The Morgan fingerprint density at radius 2 is 2.22 bits per heavy atom. The number of rotatable bonds is 5. The van der Waals surface area contributed by atoms with Gasteiger partial charge < -0.3 is 10.4 Å². The topological polar surface area (TPSA) is 49.3 Å². The van der Waals surface area contributed by atoms with Gasteiger partial charge in [0.15, 0.2) is 0 Å². The van der Waals surface area contributed by atoms with E-state index in [-0.39, 0.29) is 0 Å². The number of aromatic carboxylic acids is 1. The van der Waals surface area contributed by atoms with Gasteiger partial charge in [0.25, 0.3) is 0 Å². The monoisotopic (exact) mass is 311 g/mol. The van der Waals surface area contributed by atoms with Crippen LogP contribution < -0.4 is 5.32 Å². The van der Waals surface area contributed by atoms with Crippen LogP contribution in [0.3, 0.4) is 0 Å². The Kier molecular flexibility index (Phi) is 3.95. The Hall–Kier alpha value is -1.03. The van der Waals surface area contributed by atoms with Crippen LogP contribution in [0.4, 0.5) is 5.69 Å². The molecule has 0 amide bonds. The van der Waals surface area contributed by atoms with Crippen molar-refractivity contribution in [3.05, 3.63) is 28.2 Å². The quantitative estimate of drug-likeness (QED) is 0.859. The summed E-state index contributed by atoms with van der Waals surface area (Å²) in [7, 11) is 0. The molecule has 0 aromatic heterocycles. The van der Waals surface area contributed by atoms with Gasteiger partial charge in [-0.3, -0.25) is 0 Å². The third-order valence-corrected chi connectivity index (χ3v) is 4.52. The van der Waals surface area contributed by atoms with Crippen LogP contribution in [0.5, 0.6) is 0 Å². The lowest BCUT2D eigenvalue weighted by atomic mass is 9.67. The third kappa shape index (κ3) is 2.69. The predicted octanol–water partition coefficient (Wildman–Crippen LogP) is 4.14. The number of carbonyl (C=O) groups is 1. The van der Waals surface area contributed by atoms with Crippen molar-refractivity contribution in [3.8, 4) is 0 Å². The molecule has 2 rings (SSSR count). The molecule has 1 aliphatic rings. The number of carboxylic acids is 1. The van der Waals surface area contributed by atoms with Gasteiger partial charge in [-0.25, -0.2) is 4.79 Å². The van der Waals surface area contributed by atoms with E-state index in [2.05, 4.69) is 28.2 Å². The normalized spacial score (nSPS) is 17.0. The van der Waals surface area contributed by atoms with E-state index in [1.165, 1.54) is 19.3 Å². The molecule has 2 N–H and O–H groups in total. The maximum absolute atomic E-state index is 11.2. The minimum Gasteiger partial charge on any atom is -0.478 e. The molecule has 3 nitrogen and oxygen atoms in total. The molecular weight excluding hydrogens is 294 g/mol. The van der Waals surface area contributed by atoms with Crippen molar-refractivity contribution in [1.29, 1.82) is 0 Å². The third-order valence-electron chi connectivity index (χ3n) is 4.03. The van der Waals surface area contributed by atoms with Crippen LogP contribution in [0, 0.1) is 5.41 Å². The smallest absolute Gasteiger partial charge is 0.337 e. The number of benzene rings is 1. The number of hydrogen-bond donors (Lipinski definition) is 2. The van der Waals surface area contributed by atoms with Gasteiger partial charge in [-0.2, -0.15) is 0 Å². The van der Waals surface area contributed by atoms with E-state index >= 15 is 0 Å². The molecule has 1 saturated carbocycles. The minimum atomic E-state index is -0.885. The van der Waals surface area contributed by atoms with Gasteiger partial charge in [-0.15, -0.1) is 0 Å². The molecule has 0 aliphatic heterocycles. The maximum Gasteiger partial charge on any atom is 0.337 e. The van der Waals surface area contributed by atoms with E-state index < -0.39 is 5.97 Å².